The molecule has 2 aliphatic rings. The van der Waals surface area contributed by atoms with Crippen molar-refractivity contribution in [2.45, 2.75) is 57.4 Å². The summed E-state index contributed by atoms with van der Waals surface area (Å²) in [7, 11) is 0. The first-order valence-electron chi connectivity index (χ1n) is 6.75. The molecule has 0 aliphatic heterocycles. The van der Waals surface area contributed by atoms with Crippen LogP contribution in [0.15, 0.2) is 0 Å². The Bertz CT molecular complexity index is 344. The van der Waals surface area contributed by atoms with Gasteiger partial charge < -0.3 is 15.7 Å². The predicted molar refractivity (Wildman–Crippen MR) is 67.3 cm³/mol. The third kappa shape index (κ3) is 2.60. The maximum absolute atomic E-state index is 11.8. The Balaban J connectivity index is 1.84. The highest BCUT2D eigenvalue weighted by atomic mass is 16.4. The van der Waals surface area contributed by atoms with E-state index in [0.717, 1.165) is 25.7 Å². The molecule has 0 unspecified atom stereocenters. The molecule has 102 valence electrons. The van der Waals surface area contributed by atoms with E-state index in [1.165, 1.54) is 6.42 Å². The average Bonchev–Trinajstić information content (AvgIpc) is 2.73. The fraction of sp³-hybridized carbons (Fsp3) is 0.846. The quantitative estimate of drug-likeness (QED) is 0.716. The summed E-state index contributed by atoms with van der Waals surface area (Å²) in [6, 6.07) is -0.340. The molecule has 0 atom stereocenters. The summed E-state index contributed by atoms with van der Waals surface area (Å²) in [5.74, 6) is -0.912. The summed E-state index contributed by atoms with van der Waals surface area (Å²) in [5.41, 5.74) is -0.825. The highest BCUT2D eigenvalue weighted by molar-refractivity contribution is 5.86. The number of rotatable bonds is 4. The second-order valence-corrected chi connectivity index (χ2v) is 6.07. The third-order valence-electron chi connectivity index (χ3n) is 4.46. The third-order valence-corrected chi connectivity index (χ3v) is 4.46. The van der Waals surface area contributed by atoms with Gasteiger partial charge in [0.05, 0.1) is 0 Å². The Morgan fingerprint density at radius 2 is 1.72 bits per heavy atom. The molecule has 2 saturated carbocycles. The van der Waals surface area contributed by atoms with E-state index in [9.17, 15) is 14.7 Å². The molecule has 0 spiro atoms. The molecule has 0 radical (unpaired) electrons. The van der Waals surface area contributed by atoms with Crippen LogP contribution in [-0.4, -0.2) is 29.2 Å². The van der Waals surface area contributed by atoms with E-state index in [0.29, 0.717) is 19.4 Å². The number of nitrogens with one attached hydrogen (secondary N) is 2. The molecular weight excluding hydrogens is 232 g/mol. The maximum atomic E-state index is 11.8. The van der Waals surface area contributed by atoms with Crippen LogP contribution < -0.4 is 10.6 Å². The summed E-state index contributed by atoms with van der Waals surface area (Å²) in [6.07, 6.45) is 6.29. The van der Waals surface area contributed by atoms with Gasteiger partial charge in [0.2, 0.25) is 0 Å². The van der Waals surface area contributed by atoms with Crippen molar-refractivity contribution >= 4 is 12.0 Å². The van der Waals surface area contributed by atoms with Gasteiger partial charge in [-0.05, 0) is 31.1 Å². The van der Waals surface area contributed by atoms with E-state index in [4.69, 9.17) is 0 Å². The molecule has 0 saturated heterocycles. The number of amides is 2. The van der Waals surface area contributed by atoms with Crippen molar-refractivity contribution < 1.29 is 14.7 Å². The zero-order valence-corrected chi connectivity index (χ0v) is 10.9. The average molecular weight is 254 g/mol. The molecule has 5 heteroatoms. The molecular formula is C13H22N2O3. The van der Waals surface area contributed by atoms with Crippen molar-refractivity contribution in [1.29, 1.82) is 0 Å². The maximum Gasteiger partial charge on any atom is 0.329 e. The van der Waals surface area contributed by atoms with Gasteiger partial charge in [-0.15, -0.1) is 0 Å². The zero-order chi connectivity index (χ0) is 13.2. The number of hydrogen-bond donors (Lipinski definition) is 3. The number of carboxylic acid groups (broad SMARTS) is 1. The summed E-state index contributed by atoms with van der Waals surface area (Å²) in [5, 5.41) is 14.7. The van der Waals surface area contributed by atoms with Crippen molar-refractivity contribution in [3.05, 3.63) is 0 Å². The first kappa shape index (κ1) is 13.2. The summed E-state index contributed by atoms with van der Waals surface area (Å²) in [6.45, 7) is 2.79. The smallest absolute Gasteiger partial charge is 0.329 e. The first-order chi connectivity index (χ1) is 8.46. The van der Waals surface area contributed by atoms with Crippen molar-refractivity contribution in [3.63, 3.8) is 0 Å². The lowest BCUT2D eigenvalue weighted by atomic mass is 9.70. The molecule has 0 heterocycles. The van der Waals surface area contributed by atoms with Crippen LogP contribution in [0, 0.1) is 5.41 Å². The molecule has 2 amide bonds. The SMILES string of the molecule is CC1(CNC(=O)NC2(C(=O)O)CCCC2)CCC1. The lowest BCUT2D eigenvalue weighted by Gasteiger charge is -2.38. The topological polar surface area (TPSA) is 78.4 Å². The standard InChI is InChI=1S/C13H22N2O3/c1-12(5-4-6-12)9-14-11(18)15-13(10(16)17)7-2-3-8-13/h2-9H2,1H3,(H,16,17)(H2,14,15,18). The Hall–Kier alpha value is -1.26. The second kappa shape index (κ2) is 4.78. The molecule has 2 rings (SSSR count). The molecule has 0 aromatic carbocycles. The highest BCUT2D eigenvalue weighted by Gasteiger charge is 2.43. The predicted octanol–water partition coefficient (Wildman–Crippen LogP) is 1.87. The van der Waals surface area contributed by atoms with Gasteiger partial charge in [-0.25, -0.2) is 9.59 Å². The second-order valence-electron chi connectivity index (χ2n) is 6.07. The van der Waals surface area contributed by atoms with E-state index in [1.54, 1.807) is 0 Å². The Morgan fingerprint density at radius 1 is 1.11 bits per heavy atom. The first-order valence-corrected chi connectivity index (χ1v) is 6.75. The van der Waals surface area contributed by atoms with E-state index in [2.05, 4.69) is 17.6 Å². The molecule has 18 heavy (non-hydrogen) atoms. The largest absolute Gasteiger partial charge is 0.480 e. The monoisotopic (exact) mass is 254 g/mol. The number of urea groups is 1. The van der Waals surface area contributed by atoms with Crippen LogP contribution in [-0.2, 0) is 4.79 Å². The lowest BCUT2D eigenvalue weighted by Crippen LogP contribution is -2.56. The van der Waals surface area contributed by atoms with Gasteiger partial charge in [0, 0.05) is 6.54 Å². The van der Waals surface area contributed by atoms with Crippen LogP contribution in [0.4, 0.5) is 4.79 Å². The fourth-order valence-electron chi connectivity index (χ4n) is 2.88. The minimum atomic E-state index is -1.04. The number of aliphatic carboxylic acids is 1. The number of hydrogen-bond acceptors (Lipinski definition) is 2. The van der Waals surface area contributed by atoms with E-state index < -0.39 is 11.5 Å². The molecule has 0 aromatic rings. The summed E-state index contributed by atoms with van der Waals surface area (Å²) >= 11 is 0. The minimum absolute atomic E-state index is 0.212. The van der Waals surface area contributed by atoms with Crippen LogP contribution in [0.5, 0.6) is 0 Å². The van der Waals surface area contributed by atoms with Crippen molar-refractivity contribution in [2.24, 2.45) is 5.41 Å². The Morgan fingerprint density at radius 3 is 2.17 bits per heavy atom. The van der Waals surface area contributed by atoms with Crippen LogP contribution in [0.1, 0.15) is 51.9 Å². The van der Waals surface area contributed by atoms with Gasteiger partial charge >= 0.3 is 12.0 Å². The summed E-state index contributed by atoms with van der Waals surface area (Å²) in [4.78, 5) is 23.1. The Labute approximate surface area is 107 Å². The molecule has 0 aromatic heterocycles. The number of carbonyl (C=O) groups is 2. The van der Waals surface area contributed by atoms with Gasteiger partial charge in [-0.3, -0.25) is 0 Å². The van der Waals surface area contributed by atoms with Gasteiger partial charge in [0.15, 0.2) is 0 Å². The molecule has 5 nitrogen and oxygen atoms in total. The normalized spacial score (nSPS) is 24.1. The molecule has 3 N–H and O–H groups in total. The van der Waals surface area contributed by atoms with Crippen LogP contribution >= 0.6 is 0 Å². The van der Waals surface area contributed by atoms with E-state index >= 15 is 0 Å². The van der Waals surface area contributed by atoms with Gasteiger partial charge in [0.1, 0.15) is 5.54 Å². The Kier molecular flexibility index (Phi) is 3.50. The van der Waals surface area contributed by atoms with Crippen LogP contribution in [0.25, 0.3) is 0 Å². The van der Waals surface area contributed by atoms with Gasteiger partial charge in [-0.2, -0.15) is 0 Å². The van der Waals surface area contributed by atoms with Crippen LogP contribution in [0.2, 0.25) is 0 Å². The number of carboxylic acids is 1. The zero-order valence-electron chi connectivity index (χ0n) is 10.9. The minimum Gasteiger partial charge on any atom is -0.480 e. The van der Waals surface area contributed by atoms with Crippen molar-refractivity contribution in [1.82, 2.24) is 10.6 Å². The van der Waals surface area contributed by atoms with E-state index in [-0.39, 0.29) is 11.4 Å². The molecule has 0 bridgehead atoms. The fourth-order valence-corrected chi connectivity index (χ4v) is 2.88. The van der Waals surface area contributed by atoms with Gasteiger partial charge in [-0.1, -0.05) is 26.2 Å². The number of carbonyl (C=O) groups excluding carboxylic acids is 1. The van der Waals surface area contributed by atoms with Crippen LogP contribution in [0.3, 0.4) is 0 Å². The molecule has 2 aliphatic carbocycles. The van der Waals surface area contributed by atoms with Gasteiger partial charge in [0.25, 0.3) is 0 Å². The van der Waals surface area contributed by atoms with E-state index in [1.807, 2.05) is 0 Å². The summed E-state index contributed by atoms with van der Waals surface area (Å²) < 4.78 is 0. The lowest BCUT2D eigenvalue weighted by molar-refractivity contribution is -0.144. The van der Waals surface area contributed by atoms with Crippen molar-refractivity contribution in [3.8, 4) is 0 Å². The highest BCUT2D eigenvalue weighted by Crippen LogP contribution is 2.39. The van der Waals surface area contributed by atoms with Crippen molar-refractivity contribution in [2.75, 3.05) is 6.54 Å². The molecule has 2 fully saturated rings.